The number of alkyl halides is 3. The summed E-state index contributed by atoms with van der Waals surface area (Å²) in [5, 5.41) is 3.64. The molecule has 1 saturated heterocycles. The topological polar surface area (TPSA) is 66.7 Å². The van der Waals surface area contributed by atoms with Crippen LogP contribution in [-0.2, 0) is 28.5 Å². The Morgan fingerprint density at radius 3 is 2.57 bits per heavy atom. The van der Waals surface area contributed by atoms with Gasteiger partial charge in [0.2, 0.25) is 10.0 Å². The molecule has 28 heavy (non-hydrogen) atoms. The van der Waals surface area contributed by atoms with Crippen molar-refractivity contribution in [2.45, 2.75) is 37.4 Å². The van der Waals surface area contributed by atoms with E-state index in [0.29, 0.717) is 43.7 Å². The van der Waals surface area contributed by atoms with Gasteiger partial charge in [-0.15, -0.1) is 0 Å². The molecule has 0 atom stereocenters. The van der Waals surface area contributed by atoms with Gasteiger partial charge in [0.05, 0.1) is 11.3 Å². The van der Waals surface area contributed by atoms with Crippen molar-refractivity contribution in [3.05, 3.63) is 53.4 Å². The molecular weight excluding hydrogens is 395 g/mol. The van der Waals surface area contributed by atoms with Gasteiger partial charge in [-0.05, 0) is 31.5 Å². The molecule has 1 aliphatic rings. The SMILES string of the molecule is CN(Cc1cccc(C(F)(F)F)c1)C1CCN(S(=O)(=O)Cc2ccon2)CC1. The van der Waals surface area contributed by atoms with Gasteiger partial charge in [-0.1, -0.05) is 23.4 Å². The van der Waals surface area contributed by atoms with E-state index in [0.717, 1.165) is 12.1 Å². The van der Waals surface area contributed by atoms with Gasteiger partial charge in [0.25, 0.3) is 0 Å². The molecule has 1 aromatic heterocycles. The highest BCUT2D eigenvalue weighted by molar-refractivity contribution is 7.88. The maximum Gasteiger partial charge on any atom is 0.416 e. The van der Waals surface area contributed by atoms with Crippen LogP contribution in [0.1, 0.15) is 29.7 Å². The van der Waals surface area contributed by atoms with Crippen LogP contribution in [0.5, 0.6) is 0 Å². The fourth-order valence-electron chi connectivity index (χ4n) is 3.41. The zero-order valence-electron chi connectivity index (χ0n) is 15.4. The first-order valence-corrected chi connectivity index (χ1v) is 10.5. The van der Waals surface area contributed by atoms with Crippen molar-refractivity contribution in [2.24, 2.45) is 0 Å². The quantitative estimate of drug-likeness (QED) is 0.723. The Morgan fingerprint density at radius 2 is 1.96 bits per heavy atom. The Bertz CT molecular complexity index is 877. The Kier molecular flexibility index (Phi) is 6.11. The van der Waals surface area contributed by atoms with Gasteiger partial charge in [-0.3, -0.25) is 4.90 Å². The summed E-state index contributed by atoms with van der Waals surface area (Å²) in [6.07, 6.45) is -1.79. The second-order valence-electron chi connectivity index (χ2n) is 6.99. The minimum atomic E-state index is -4.36. The molecule has 154 valence electrons. The summed E-state index contributed by atoms with van der Waals surface area (Å²) in [7, 11) is -1.62. The number of nitrogens with zero attached hydrogens (tertiary/aromatic N) is 3. The largest absolute Gasteiger partial charge is 0.416 e. The molecule has 0 amide bonds. The molecular formula is C18H22F3N3O3S. The molecule has 0 N–H and O–H groups in total. The monoisotopic (exact) mass is 417 g/mol. The zero-order chi connectivity index (χ0) is 20.4. The second-order valence-corrected chi connectivity index (χ2v) is 8.96. The second kappa shape index (κ2) is 8.22. The highest BCUT2D eigenvalue weighted by Gasteiger charge is 2.32. The van der Waals surface area contributed by atoms with Crippen LogP contribution in [0.15, 0.2) is 41.1 Å². The lowest BCUT2D eigenvalue weighted by atomic mass is 10.0. The molecule has 0 spiro atoms. The van der Waals surface area contributed by atoms with E-state index < -0.39 is 21.8 Å². The first-order valence-electron chi connectivity index (χ1n) is 8.88. The van der Waals surface area contributed by atoms with Gasteiger partial charge in [-0.25, -0.2) is 12.7 Å². The van der Waals surface area contributed by atoms with Crippen LogP contribution in [-0.4, -0.2) is 49.0 Å². The Hall–Kier alpha value is -1.91. The van der Waals surface area contributed by atoms with Crippen molar-refractivity contribution in [3.8, 4) is 0 Å². The number of hydrogen-bond donors (Lipinski definition) is 0. The van der Waals surface area contributed by atoms with E-state index in [1.807, 2.05) is 11.9 Å². The summed E-state index contributed by atoms with van der Waals surface area (Å²) in [4.78, 5) is 1.98. The lowest BCUT2D eigenvalue weighted by molar-refractivity contribution is -0.137. The van der Waals surface area contributed by atoms with Crippen molar-refractivity contribution >= 4 is 10.0 Å². The van der Waals surface area contributed by atoms with E-state index in [-0.39, 0.29) is 11.8 Å². The molecule has 0 unspecified atom stereocenters. The number of benzene rings is 1. The summed E-state index contributed by atoms with van der Waals surface area (Å²) in [5.74, 6) is -0.200. The standard InChI is InChI=1S/C18H22F3N3O3S/c1-23(12-14-3-2-4-15(11-14)18(19,20)21)17-5-8-24(9-6-17)28(25,26)13-16-7-10-27-22-16/h2-4,7,10-11,17H,5-6,8-9,12-13H2,1H3. The summed E-state index contributed by atoms with van der Waals surface area (Å²) in [6.45, 7) is 1.12. The number of aromatic nitrogens is 1. The Labute approximate surface area is 162 Å². The molecule has 0 aliphatic carbocycles. The van der Waals surface area contributed by atoms with E-state index in [9.17, 15) is 21.6 Å². The Morgan fingerprint density at radius 1 is 1.25 bits per heavy atom. The predicted molar refractivity (Wildman–Crippen MR) is 96.6 cm³/mol. The number of rotatable bonds is 6. The molecule has 0 saturated carbocycles. The third-order valence-electron chi connectivity index (χ3n) is 4.95. The predicted octanol–water partition coefficient (Wildman–Crippen LogP) is 3.12. The first kappa shape index (κ1) is 20.8. The highest BCUT2D eigenvalue weighted by Crippen LogP contribution is 2.30. The lowest BCUT2D eigenvalue weighted by Crippen LogP contribution is -2.45. The van der Waals surface area contributed by atoms with E-state index in [2.05, 4.69) is 9.68 Å². The molecule has 6 nitrogen and oxygen atoms in total. The fourth-order valence-corrected chi connectivity index (χ4v) is 4.89. The van der Waals surface area contributed by atoms with Gasteiger partial charge >= 0.3 is 6.18 Å². The molecule has 1 aliphatic heterocycles. The molecule has 0 bridgehead atoms. The van der Waals surface area contributed by atoms with Crippen molar-refractivity contribution in [1.82, 2.24) is 14.4 Å². The molecule has 1 aromatic carbocycles. The van der Waals surface area contributed by atoms with Crippen LogP contribution in [0.4, 0.5) is 13.2 Å². The summed E-state index contributed by atoms with van der Waals surface area (Å²) in [6, 6.07) is 6.92. The summed E-state index contributed by atoms with van der Waals surface area (Å²) < 4.78 is 69.7. The third kappa shape index (κ3) is 5.12. The minimum absolute atomic E-state index is 0.105. The number of hydrogen-bond acceptors (Lipinski definition) is 5. The summed E-state index contributed by atoms with van der Waals surface area (Å²) in [5.41, 5.74) is 0.286. The van der Waals surface area contributed by atoms with Crippen LogP contribution < -0.4 is 0 Å². The molecule has 2 heterocycles. The Balaban J connectivity index is 1.56. The van der Waals surface area contributed by atoms with Crippen molar-refractivity contribution in [3.63, 3.8) is 0 Å². The molecule has 1 fully saturated rings. The van der Waals surface area contributed by atoms with Crippen LogP contribution in [0, 0.1) is 0 Å². The van der Waals surface area contributed by atoms with E-state index in [1.165, 1.54) is 22.7 Å². The van der Waals surface area contributed by atoms with Crippen LogP contribution in [0.25, 0.3) is 0 Å². The van der Waals surface area contributed by atoms with Crippen molar-refractivity contribution in [2.75, 3.05) is 20.1 Å². The van der Waals surface area contributed by atoms with Gasteiger partial charge in [-0.2, -0.15) is 13.2 Å². The maximum atomic E-state index is 12.9. The molecule has 2 aromatic rings. The zero-order valence-corrected chi connectivity index (χ0v) is 16.2. The number of halogens is 3. The highest BCUT2D eigenvalue weighted by atomic mass is 32.2. The minimum Gasteiger partial charge on any atom is -0.364 e. The maximum absolute atomic E-state index is 12.9. The summed E-state index contributed by atoms with van der Waals surface area (Å²) >= 11 is 0. The van der Waals surface area contributed by atoms with Gasteiger partial charge < -0.3 is 4.52 Å². The van der Waals surface area contributed by atoms with Crippen molar-refractivity contribution in [1.29, 1.82) is 0 Å². The van der Waals surface area contributed by atoms with Gasteiger partial charge in [0.15, 0.2) is 0 Å². The molecule has 3 rings (SSSR count). The van der Waals surface area contributed by atoms with Crippen LogP contribution >= 0.6 is 0 Å². The average molecular weight is 417 g/mol. The van der Waals surface area contributed by atoms with Gasteiger partial charge in [0, 0.05) is 31.7 Å². The van der Waals surface area contributed by atoms with E-state index in [1.54, 1.807) is 6.07 Å². The average Bonchev–Trinajstić information content (AvgIpc) is 3.13. The fraction of sp³-hybridized carbons (Fsp3) is 0.500. The van der Waals surface area contributed by atoms with Crippen molar-refractivity contribution < 1.29 is 26.1 Å². The normalized spacial score (nSPS) is 17.3. The molecule has 0 radical (unpaired) electrons. The van der Waals surface area contributed by atoms with Gasteiger partial charge in [0.1, 0.15) is 12.0 Å². The van der Waals surface area contributed by atoms with Crippen LogP contribution in [0.2, 0.25) is 0 Å². The molecule has 10 heteroatoms. The third-order valence-corrected chi connectivity index (χ3v) is 6.76. The number of piperidine rings is 1. The smallest absolute Gasteiger partial charge is 0.364 e. The van der Waals surface area contributed by atoms with E-state index >= 15 is 0 Å². The first-order chi connectivity index (χ1) is 13.1. The number of sulfonamides is 1. The van der Waals surface area contributed by atoms with Crippen LogP contribution in [0.3, 0.4) is 0 Å². The lowest BCUT2D eigenvalue weighted by Gasteiger charge is -2.36. The van der Waals surface area contributed by atoms with E-state index in [4.69, 9.17) is 0 Å².